The predicted octanol–water partition coefficient (Wildman–Crippen LogP) is 19.2. The van der Waals surface area contributed by atoms with Gasteiger partial charge in [-0.3, -0.25) is 9.59 Å². The van der Waals surface area contributed by atoms with Crippen LogP contribution in [0.4, 0.5) is 0 Å². The number of aliphatic hydroxyl groups excluding tert-OH is 5. The van der Waals surface area contributed by atoms with Crippen molar-refractivity contribution < 1.29 is 49.3 Å². The third kappa shape index (κ3) is 49.6. The summed E-state index contributed by atoms with van der Waals surface area (Å²) in [6, 6.07) is -1.02. The molecule has 1 aliphatic heterocycles. The van der Waals surface area contributed by atoms with E-state index in [1.165, 1.54) is 270 Å². The molecular formula is C74H141NO10. The van der Waals surface area contributed by atoms with Gasteiger partial charge in [-0.25, -0.2) is 0 Å². The Morgan fingerprint density at radius 2 is 0.776 bits per heavy atom. The van der Waals surface area contributed by atoms with Crippen molar-refractivity contribution in [2.45, 2.75) is 423 Å². The van der Waals surface area contributed by atoms with Crippen molar-refractivity contribution in [2.24, 2.45) is 0 Å². The SMILES string of the molecule is CCCCCCCC/C=C/CCCCCCCCCCCC(=O)OC1C(OCC(NC(=O)C(O)CCCCCCCCCCCCCCCCCCCCCCCCCCCC)C(O)/C=C/CCCCCCCCCCC)OC(CO)C(O)C1O. The molecule has 0 aromatic heterocycles. The molecule has 6 N–H and O–H groups in total. The fourth-order valence-electron chi connectivity index (χ4n) is 12.0. The van der Waals surface area contributed by atoms with E-state index < -0.39 is 67.4 Å². The van der Waals surface area contributed by atoms with Crippen LogP contribution in [-0.4, -0.2) is 99.6 Å². The van der Waals surface area contributed by atoms with Gasteiger partial charge < -0.3 is 45.1 Å². The molecule has 1 heterocycles. The van der Waals surface area contributed by atoms with E-state index in [0.29, 0.717) is 19.3 Å². The van der Waals surface area contributed by atoms with Crippen LogP contribution in [0.3, 0.4) is 0 Å². The van der Waals surface area contributed by atoms with E-state index >= 15 is 0 Å². The van der Waals surface area contributed by atoms with Crippen LogP contribution in [-0.2, 0) is 23.8 Å². The second-order valence-electron chi connectivity index (χ2n) is 26.0. The van der Waals surface area contributed by atoms with Crippen LogP contribution in [0, 0.1) is 0 Å². The average molecular weight is 1200 g/mol. The largest absolute Gasteiger partial charge is 0.454 e. The highest BCUT2D eigenvalue weighted by Gasteiger charge is 2.47. The molecule has 0 aromatic rings. The highest BCUT2D eigenvalue weighted by molar-refractivity contribution is 5.80. The van der Waals surface area contributed by atoms with E-state index in [1.807, 2.05) is 6.08 Å². The molecule has 502 valence electrons. The highest BCUT2D eigenvalue weighted by Crippen LogP contribution is 2.27. The number of hydrogen-bond donors (Lipinski definition) is 6. The molecule has 11 heteroatoms. The van der Waals surface area contributed by atoms with Crippen molar-refractivity contribution in [3.05, 3.63) is 24.3 Å². The fourth-order valence-corrected chi connectivity index (χ4v) is 12.0. The summed E-state index contributed by atoms with van der Waals surface area (Å²) in [6.45, 7) is 5.84. The molecule has 0 spiro atoms. The van der Waals surface area contributed by atoms with Gasteiger partial charge in [-0.1, -0.05) is 340 Å². The maximum Gasteiger partial charge on any atom is 0.306 e. The van der Waals surface area contributed by atoms with Gasteiger partial charge in [-0.15, -0.1) is 0 Å². The molecule has 0 radical (unpaired) electrons. The minimum absolute atomic E-state index is 0.126. The summed E-state index contributed by atoms with van der Waals surface area (Å²) in [5, 5.41) is 57.2. The van der Waals surface area contributed by atoms with Crippen LogP contribution in [0.15, 0.2) is 24.3 Å². The van der Waals surface area contributed by atoms with E-state index in [9.17, 15) is 35.1 Å². The minimum atomic E-state index is -1.61. The van der Waals surface area contributed by atoms with Crippen molar-refractivity contribution in [1.29, 1.82) is 0 Å². The Morgan fingerprint density at radius 1 is 0.447 bits per heavy atom. The van der Waals surface area contributed by atoms with Gasteiger partial charge >= 0.3 is 5.97 Å². The Kier molecular flexibility index (Phi) is 59.5. The van der Waals surface area contributed by atoms with Crippen molar-refractivity contribution in [3.8, 4) is 0 Å². The molecule has 8 atom stereocenters. The van der Waals surface area contributed by atoms with Gasteiger partial charge in [0.15, 0.2) is 12.4 Å². The van der Waals surface area contributed by atoms with Crippen LogP contribution in [0.25, 0.3) is 0 Å². The molecule has 0 saturated carbocycles. The number of hydrogen-bond acceptors (Lipinski definition) is 10. The van der Waals surface area contributed by atoms with Crippen LogP contribution in [0.2, 0.25) is 0 Å². The van der Waals surface area contributed by atoms with E-state index in [4.69, 9.17) is 14.2 Å². The zero-order valence-electron chi connectivity index (χ0n) is 56.0. The number of unbranched alkanes of at least 4 members (excludes halogenated alkanes) is 49. The molecule has 1 saturated heterocycles. The van der Waals surface area contributed by atoms with Gasteiger partial charge in [0.05, 0.1) is 25.4 Å². The summed E-state index contributed by atoms with van der Waals surface area (Å²) in [5.74, 6) is -1.18. The first-order chi connectivity index (χ1) is 41.7. The minimum Gasteiger partial charge on any atom is -0.454 e. The quantitative estimate of drug-likeness (QED) is 0.0195. The molecule has 11 nitrogen and oxygen atoms in total. The highest BCUT2D eigenvalue weighted by atomic mass is 16.7. The second kappa shape index (κ2) is 62.3. The predicted molar refractivity (Wildman–Crippen MR) is 357 cm³/mol. The number of esters is 1. The number of carbonyl (C=O) groups is 2. The second-order valence-corrected chi connectivity index (χ2v) is 26.0. The van der Waals surface area contributed by atoms with Gasteiger partial charge in [0.25, 0.3) is 0 Å². The van der Waals surface area contributed by atoms with E-state index in [1.54, 1.807) is 6.08 Å². The number of carbonyl (C=O) groups excluding carboxylic acids is 2. The Morgan fingerprint density at radius 3 is 1.14 bits per heavy atom. The average Bonchev–Trinajstić information content (AvgIpc) is 2.90. The number of amides is 1. The summed E-state index contributed by atoms with van der Waals surface area (Å²) in [7, 11) is 0. The smallest absolute Gasteiger partial charge is 0.306 e. The van der Waals surface area contributed by atoms with Crippen LogP contribution in [0.1, 0.15) is 374 Å². The number of nitrogens with one attached hydrogen (secondary N) is 1. The maximum absolute atomic E-state index is 13.5. The lowest BCUT2D eigenvalue weighted by molar-refractivity contribution is -0.305. The van der Waals surface area contributed by atoms with Crippen LogP contribution >= 0.6 is 0 Å². The van der Waals surface area contributed by atoms with Crippen LogP contribution < -0.4 is 5.32 Å². The lowest BCUT2D eigenvalue weighted by atomic mass is 9.99. The van der Waals surface area contributed by atoms with Crippen molar-refractivity contribution in [1.82, 2.24) is 5.32 Å². The topological polar surface area (TPSA) is 175 Å². The summed E-state index contributed by atoms with van der Waals surface area (Å²) < 4.78 is 17.7. The normalized spacial score (nSPS) is 18.4. The standard InChI is InChI=1S/C74H141NO10/c1-4-7-10-13-16-19-22-24-26-28-30-31-32-33-34-35-36-38-39-41-43-46-49-52-55-58-61-67(78)73(82)75-65(66(77)60-57-54-51-48-45-21-18-15-12-9-6-3)64-83-74-72(71(81)70(80)68(63-76)84-74)85-69(79)62-59-56-53-50-47-44-42-40-37-29-27-25-23-20-17-14-11-8-5-2/h25,27,57,60,65-68,70-72,74,76-78,80-81H,4-24,26,28-56,58-59,61-64H2,1-3H3,(H,75,82)/b27-25+,60-57+. The summed E-state index contributed by atoms with van der Waals surface area (Å²) >= 11 is 0. The Balaban J connectivity index is 2.50. The lowest BCUT2D eigenvalue weighted by Crippen LogP contribution is -2.61. The summed E-state index contributed by atoms with van der Waals surface area (Å²) in [4.78, 5) is 26.7. The number of aliphatic hydroxyl groups is 5. The van der Waals surface area contributed by atoms with E-state index in [-0.39, 0.29) is 13.0 Å². The molecule has 85 heavy (non-hydrogen) atoms. The van der Waals surface area contributed by atoms with Gasteiger partial charge in [0.1, 0.15) is 24.4 Å². The van der Waals surface area contributed by atoms with E-state index in [2.05, 4.69) is 38.2 Å². The summed E-state index contributed by atoms with van der Waals surface area (Å²) in [5.41, 5.74) is 0. The molecule has 0 aliphatic carbocycles. The van der Waals surface area contributed by atoms with Crippen molar-refractivity contribution >= 4 is 11.9 Å². The molecular weight excluding hydrogens is 1060 g/mol. The molecule has 0 bridgehead atoms. The number of allylic oxidation sites excluding steroid dienone is 3. The Bertz CT molecular complexity index is 1480. The Labute approximate surface area is 524 Å². The summed E-state index contributed by atoms with van der Waals surface area (Å²) in [6.07, 6.45) is 65.2. The first-order valence-electron chi connectivity index (χ1n) is 37.1. The monoisotopic (exact) mass is 1200 g/mol. The zero-order chi connectivity index (χ0) is 61.7. The number of rotatable bonds is 65. The fraction of sp³-hybridized carbons (Fsp3) is 0.919. The van der Waals surface area contributed by atoms with Crippen molar-refractivity contribution in [2.75, 3.05) is 13.2 Å². The Hall–Kier alpha value is -1.86. The molecule has 8 unspecified atom stereocenters. The van der Waals surface area contributed by atoms with Crippen molar-refractivity contribution in [3.63, 3.8) is 0 Å². The first kappa shape index (κ1) is 81.2. The third-order valence-electron chi connectivity index (χ3n) is 17.9. The van der Waals surface area contributed by atoms with Gasteiger partial charge in [0, 0.05) is 6.42 Å². The van der Waals surface area contributed by atoms with Gasteiger partial charge in [-0.05, 0) is 51.4 Å². The van der Waals surface area contributed by atoms with Gasteiger partial charge in [-0.2, -0.15) is 0 Å². The first-order valence-corrected chi connectivity index (χ1v) is 37.1. The third-order valence-corrected chi connectivity index (χ3v) is 17.9. The molecule has 1 aliphatic rings. The van der Waals surface area contributed by atoms with Gasteiger partial charge in [0.2, 0.25) is 5.91 Å². The zero-order valence-corrected chi connectivity index (χ0v) is 56.0. The molecule has 1 fully saturated rings. The lowest BCUT2D eigenvalue weighted by Gasteiger charge is -2.41. The molecule has 1 amide bonds. The van der Waals surface area contributed by atoms with E-state index in [0.717, 1.165) is 57.8 Å². The maximum atomic E-state index is 13.5. The number of ether oxygens (including phenoxy) is 3. The molecule has 1 rings (SSSR count). The molecule has 0 aromatic carbocycles. The van der Waals surface area contributed by atoms with Crippen LogP contribution in [0.5, 0.6) is 0 Å².